The van der Waals surface area contributed by atoms with Crippen molar-refractivity contribution in [1.29, 1.82) is 0 Å². The Morgan fingerprint density at radius 3 is 3.05 bits per heavy atom. The van der Waals surface area contributed by atoms with Crippen LogP contribution in [-0.2, 0) is 4.79 Å². The molecule has 0 saturated carbocycles. The molecule has 0 aliphatic carbocycles. The minimum atomic E-state index is -1.04. The van der Waals surface area contributed by atoms with Gasteiger partial charge in [-0.1, -0.05) is 23.7 Å². The number of aromatic amines is 1. The first kappa shape index (κ1) is 13.3. The quantitative estimate of drug-likeness (QED) is 0.716. The molecule has 0 fully saturated rings. The van der Waals surface area contributed by atoms with Crippen molar-refractivity contribution in [2.75, 3.05) is 6.61 Å². The molecular weight excluding hydrogens is 296 g/mol. The normalized spacial score (nSPS) is 10.7. The van der Waals surface area contributed by atoms with Gasteiger partial charge in [0, 0.05) is 11.8 Å². The number of ether oxygens (including phenoxy) is 1. The van der Waals surface area contributed by atoms with Gasteiger partial charge in [0.25, 0.3) is 0 Å². The number of nitrogens with one attached hydrogen (secondary N) is 1. The maximum absolute atomic E-state index is 10.5. The summed E-state index contributed by atoms with van der Waals surface area (Å²) < 4.78 is 5.13. The highest BCUT2D eigenvalue weighted by Gasteiger charge is 2.10. The maximum Gasteiger partial charge on any atom is 0.341 e. The Balaban J connectivity index is 1.98. The Kier molecular flexibility index (Phi) is 3.41. The predicted octanol–water partition coefficient (Wildman–Crippen LogP) is 2.14. The molecule has 0 aliphatic heterocycles. The van der Waals surface area contributed by atoms with Gasteiger partial charge in [-0.3, -0.25) is 5.10 Å². The van der Waals surface area contributed by atoms with Gasteiger partial charge in [0.1, 0.15) is 16.8 Å². The number of benzene rings is 1. The second-order valence-corrected chi connectivity index (χ2v) is 4.53. The van der Waals surface area contributed by atoms with Gasteiger partial charge < -0.3 is 9.84 Å². The van der Waals surface area contributed by atoms with Crippen LogP contribution in [0.25, 0.3) is 22.4 Å². The molecule has 0 saturated heterocycles. The molecule has 2 N–H and O–H groups in total. The molecule has 0 atom stereocenters. The third kappa shape index (κ3) is 2.77. The summed E-state index contributed by atoms with van der Waals surface area (Å²) in [5.74, 6) is -0.212. The summed E-state index contributed by atoms with van der Waals surface area (Å²) >= 11 is 6.05. The Morgan fingerprint density at radius 2 is 2.24 bits per heavy atom. The second-order valence-electron chi connectivity index (χ2n) is 4.17. The van der Waals surface area contributed by atoms with Gasteiger partial charge in [0.2, 0.25) is 0 Å². The van der Waals surface area contributed by atoms with Gasteiger partial charge in [-0.25, -0.2) is 14.8 Å². The standard InChI is InChI=1S/C13H9ClN4O3/c14-12-11-9(5-15-18-11)16-13(17-12)7-2-1-3-8(4-7)21-6-10(19)20/h1-5H,6H2,(H,15,18)(H,19,20). The zero-order valence-electron chi connectivity index (χ0n) is 10.6. The number of carbonyl (C=O) groups is 1. The summed E-state index contributed by atoms with van der Waals surface area (Å²) in [5, 5.41) is 15.5. The van der Waals surface area contributed by atoms with E-state index in [-0.39, 0.29) is 5.15 Å². The number of fused-ring (bicyclic) bond motifs is 1. The minimum Gasteiger partial charge on any atom is -0.482 e. The van der Waals surface area contributed by atoms with E-state index in [4.69, 9.17) is 21.4 Å². The molecular formula is C13H9ClN4O3. The average Bonchev–Trinajstić information content (AvgIpc) is 2.94. The fourth-order valence-electron chi connectivity index (χ4n) is 1.80. The number of aromatic nitrogens is 4. The number of hydrogen-bond donors (Lipinski definition) is 2. The van der Waals surface area contributed by atoms with E-state index in [2.05, 4.69) is 20.2 Å². The largest absolute Gasteiger partial charge is 0.482 e. The molecule has 0 spiro atoms. The number of aliphatic carboxylic acids is 1. The zero-order chi connectivity index (χ0) is 14.8. The molecule has 3 rings (SSSR count). The Morgan fingerprint density at radius 1 is 1.38 bits per heavy atom. The predicted molar refractivity (Wildman–Crippen MR) is 75.3 cm³/mol. The van der Waals surface area contributed by atoms with Crippen LogP contribution in [-0.4, -0.2) is 37.8 Å². The number of nitrogens with zero attached hydrogens (tertiary/aromatic N) is 3. The number of rotatable bonds is 4. The van der Waals surface area contributed by atoms with E-state index in [1.54, 1.807) is 30.5 Å². The number of halogens is 1. The molecule has 0 unspecified atom stereocenters. The topological polar surface area (TPSA) is 101 Å². The molecule has 1 aromatic carbocycles. The summed E-state index contributed by atoms with van der Waals surface area (Å²) in [6, 6.07) is 6.82. The highest BCUT2D eigenvalue weighted by atomic mass is 35.5. The van der Waals surface area contributed by atoms with Gasteiger partial charge in [0.05, 0.1) is 0 Å². The van der Waals surface area contributed by atoms with Crippen molar-refractivity contribution in [3.63, 3.8) is 0 Å². The van der Waals surface area contributed by atoms with Crippen molar-refractivity contribution >= 4 is 28.6 Å². The number of hydrogen-bond acceptors (Lipinski definition) is 5. The SMILES string of the molecule is O=C(O)COc1cccc(-c2nc(Cl)c3n[nH]cc3n2)c1. The Labute approximate surface area is 123 Å². The average molecular weight is 305 g/mol. The molecule has 0 bridgehead atoms. The van der Waals surface area contributed by atoms with Crippen molar-refractivity contribution in [2.45, 2.75) is 0 Å². The minimum absolute atomic E-state index is 0.244. The third-order valence-electron chi connectivity index (χ3n) is 2.70. The summed E-state index contributed by atoms with van der Waals surface area (Å²) in [6.45, 7) is -0.411. The molecule has 8 heteroatoms. The van der Waals surface area contributed by atoms with Gasteiger partial charge in [0.15, 0.2) is 17.6 Å². The zero-order valence-corrected chi connectivity index (χ0v) is 11.3. The molecule has 0 amide bonds. The summed E-state index contributed by atoms with van der Waals surface area (Å²) in [4.78, 5) is 19.0. The van der Waals surface area contributed by atoms with E-state index in [0.717, 1.165) is 0 Å². The third-order valence-corrected chi connectivity index (χ3v) is 2.96. The lowest BCUT2D eigenvalue weighted by Crippen LogP contribution is -2.09. The van der Waals surface area contributed by atoms with Gasteiger partial charge in [-0.2, -0.15) is 5.10 Å². The lowest BCUT2D eigenvalue weighted by Gasteiger charge is -2.05. The molecule has 0 radical (unpaired) electrons. The van der Waals surface area contributed by atoms with Crippen molar-refractivity contribution in [2.24, 2.45) is 0 Å². The first-order valence-corrected chi connectivity index (χ1v) is 6.33. The van der Waals surface area contributed by atoms with Crippen molar-refractivity contribution < 1.29 is 14.6 Å². The highest BCUT2D eigenvalue weighted by molar-refractivity contribution is 6.33. The van der Waals surface area contributed by atoms with E-state index < -0.39 is 12.6 Å². The summed E-state index contributed by atoms with van der Waals surface area (Å²) in [5.41, 5.74) is 1.77. The summed E-state index contributed by atoms with van der Waals surface area (Å²) in [7, 11) is 0. The highest BCUT2D eigenvalue weighted by Crippen LogP contribution is 2.25. The number of carboxylic acids is 1. The lowest BCUT2D eigenvalue weighted by atomic mass is 10.2. The van der Waals surface area contributed by atoms with E-state index >= 15 is 0 Å². The van der Waals surface area contributed by atoms with Gasteiger partial charge >= 0.3 is 5.97 Å². The number of carboxylic acid groups (broad SMARTS) is 1. The summed E-state index contributed by atoms with van der Waals surface area (Å²) in [6.07, 6.45) is 1.62. The van der Waals surface area contributed by atoms with Crippen LogP contribution < -0.4 is 4.74 Å². The number of H-pyrrole nitrogens is 1. The molecule has 3 aromatic rings. The van der Waals surface area contributed by atoms with Crippen LogP contribution >= 0.6 is 11.6 Å². The molecule has 2 heterocycles. The second kappa shape index (κ2) is 5.37. The van der Waals surface area contributed by atoms with Crippen LogP contribution in [0.1, 0.15) is 0 Å². The molecule has 106 valence electrons. The first-order valence-electron chi connectivity index (χ1n) is 5.95. The first-order chi connectivity index (χ1) is 10.1. The van der Waals surface area contributed by atoms with E-state index in [1.165, 1.54) is 0 Å². The Hall–Kier alpha value is -2.67. The molecule has 0 aliphatic rings. The van der Waals surface area contributed by atoms with Crippen LogP contribution in [0.3, 0.4) is 0 Å². The van der Waals surface area contributed by atoms with Crippen LogP contribution in [0.2, 0.25) is 5.15 Å². The molecule has 21 heavy (non-hydrogen) atoms. The Bertz CT molecular complexity index is 818. The van der Waals surface area contributed by atoms with E-state index in [1.807, 2.05) is 0 Å². The van der Waals surface area contributed by atoms with E-state index in [9.17, 15) is 4.79 Å². The van der Waals surface area contributed by atoms with Crippen LogP contribution in [0.15, 0.2) is 30.5 Å². The fraction of sp³-hybridized carbons (Fsp3) is 0.0769. The smallest absolute Gasteiger partial charge is 0.341 e. The van der Waals surface area contributed by atoms with Crippen molar-refractivity contribution in [3.05, 3.63) is 35.6 Å². The van der Waals surface area contributed by atoms with Gasteiger partial charge in [-0.15, -0.1) is 0 Å². The fourth-order valence-corrected chi connectivity index (χ4v) is 2.02. The van der Waals surface area contributed by atoms with Gasteiger partial charge in [-0.05, 0) is 12.1 Å². The molecule has 7 nitrogen and oxygen atoms in total. The molecule has 2 aromatic heterocycles. The van der Waals surface area contributed by atoms with Crippen molar-refractivity contribution in [3.8, 4) is 17.1 Å². The van der Waals surface area contributed by atoms with Crippen LogP contribution in [0.4, 0.5) is 0 Å². The maximum atomic E-state index is 10.5. The monoisotopic (exact) mass is 304 g/mol. The lowest BCUT2D eigenvalue weighted by molar-refractivity contribution is -0.139. The van der Waals surface area contributed by atoms with Crippen LogP contribution in [0.5, 0.6) is 5.75 Å². The van der Waals surface area contributed by atoms with E-state index in [0.29, 0.717) is 28.2 Å². The van der Waals surface area contributed by atoms with Crippen LogP contribution in [0, 0.1) is 0 Å². The van der Waals surface area contributed by atoms with Crippen molar-refractivity contribution in [1.82, 2.24) is 20.2 Å².